The van der Waals surface area contributed by atoms with Crippen molar-refractivity contribution >= 4 is 28.8 Å². The SMILES string of the molecule is COC(=O)C1(C(=O)OC)C/C(=C\SC(C)=O)C2CCCCC21. The van der Waals surface area contributed by atoms with Crippen molar-refractivity contribution < 1.29 is 23.9 Å². The molecule has 2 fully saturated rings. The molecular formula is C16H22O5S. The lowest BCUT2D eigenvalue weighted by Gasteiger charge is -2.34. The van der Waals surface area contributed by atoms with Crippen LogP contribution in [0, 0.1) is 17.3 Å². The fraction of sp³-hybridized carbons (Fsp3) is 0.688. The molecule has 0 aromatic heterocycles. The van der Waals surface area contributed by atoms with Crippen molar-refractivity contribution in [2.45, 2.75) is 39.0 Å². The smallest absolute Gasteiger partial charge is 0.323 e. The first-order chi connectivity index (χ1) is 10.5. The van der Waals surface area contributed by atoms with Crippen LogP contribution in [0.15, 0.2) is 11.0 Å². The van der Waals surface area contributed by atoms with Crippen molar-refractivity contribution in [2.75, 3.05) is 14.2 Å². The molecule has 2 aliphatic rings. The third kappa shape index (κ3) is 2.81. The van der Waals surface area contributed by atoms with Crippen LogP contribution in [0.3, 0.4) is 0 Å². The van der Waals surface area contributed by atoms with Crippen molar-refractivity contribution in [2.24, 2.45) is 17.3 Å². The van der Waals surface area contributed by atoms with Gasteiger partial charge in [0.25, 0.3) is 0 Å². The Morgan fingerprint density at radius 3 is 2.27 bits per heavy atom. The van der Waals surface area contributed by atoms with E-state index in [1.807, 2.05) is 5.41 Å². The highest BCUT2D eigenvalue weighted by molar-refractivity contribution is 8.16. The van der Waals surface area contributed by atoms with Gasteiger partial charge < -0.3 is 9.47 Å². The normalized spacial score (nSPS) is 28.0. The Balaban J connectivity index is 2.44. The van der Waals surface area contributed by atoms with Gasteiger partial charge in [0.05, 0.1) is 14.2 Å². The lowest BCUT2D eigenvalue weighted by molar-refractivity contribution is -0.173. The molecule has 122 valence electrons. The minimum absolute atomic E-state index is 0.00602. The second-order valence-corrected chi connectivity index (χ2v) is 6.98. The summed E-state index contributed by atoms with van der Waals surface area (Å²) in [6.45, 7) is 1.50. The highest BCUT2D eigenvalue weighted by Crippen LogP contribution is 2.57. The first kappa shape index (κ1) is 17.1. The Hall–Kier alpha value is -1.30. The maximum absolute atomic E-state index is 12.5. The molecule has 22 heavy (non-hydrogen) atoms. The molecule has 0 aliphatic heterocycles. The molecule has 0 spiro atoms. The Labute approximate surface area is 134 Å². The van der Waals surface area contributed by atoms with Crippen LogP contribution in [0.5, 0.6) is 0 Å². The summed E-state index contributed by atoms with van der Waals surface area (Å²) < 4.78 is 9.89. The number of carbonyl (C=O) groups excluding carboxylic acids is 3. The molecule has 0 aromatic rings. The second kappa shape index (κ2) is 6.86. The topological polar surface area (TPSA) is 69.7 Å². The average Bonchev–Trinajstić information content (AvgIpc) is 2.87. The van der Waals surface area contributed by atoms with Crippen LogP contribution in [0.25, 0.3) is 0 Å². The van der Waals surface area contributed by atoms with Crippen molar-refractivity contribution in [1.29, 1.82) is 0 Å². The van der Waals surface area contributed by atoms with Crippen molar-refractivity contribution in [3.63, 3.8) is 0 Å². The van der Waals surface area contributed by atoms with E-state index in [0.717, 1.165) is 43.0 Å². The minimum Gasteiger partial charge on any atom is -0.468 e. The lowest BCUT2D eigenvalue weighted by Crippen LogP contribution is -2.46. The number of carbonyl (C=O) groups is 3. The van der Waals surface area contributed by atoms with Crippen LogP contribution in [0.2, 0.25) is 0 Å². The van der Waals surface area contributed by atoms with E-state index in [1.54, 1.807) is 0 Å². The monoisotopic (exact) mass is 326 g/mol. The third-order valence-electron chi connectivity index (χ3n) is 4.83. The Morgan fingerprint density at radius 2 is 1.73 bits per heavy atom. The molecular weight excluding hydrogens is 304 g/mol. The third-order valence-corrected chi connectivity index (χ3v) is 5.59. The summed E-state index contributed by atoms with van der Waals surface area (Å²) in [5.41, 5.74) is -0.252. The predicted molar refractivity (Wildman–Crippen MR) is 82.9 cm³/mol. The molecule has 6 heteroatoms. The summed E-state index contributed by atoms with van der Waals surface area (Å²) in [6.07, 6.45) is 4.09. The van der Waals surface area contributed by atoms with Gasteiger partial charge in [0.1, 0.15) is 0 Å². The number of allylic oxidation sites excluding steroid dienone is 1. The highest BCUT2D eigenvalue weighted by atomic mass is 32.2. The number of hydrogen-bond donors (Lipinski definition) is 0. The van der Waals surface area contributed by atoms with Crippen molar-refractivity contribution in [1.82, 2.24) is 0 Å². The minimum atomic E-state index is -1.25. The molecule has 0 amide bonds. The number of thioether (sulfide) groups is 1. The van der Waals surface area contributed by atoms with Crippen LogP contribution in [-0.2, 0) is 23.9 Å². The maximum atomic E-state index is 12.5. The van der Waals surface area contributed by atoms with Gasteiger partial charge in [-0.05, 0) is 36.5 Å². The van der Waals surface area contributed by atoms with Gasteiger partial charge in [0, 0.05) is 6.92 Å². The molecule has 2 saturated carbocycles. The Morgan fingerprint density at radius 1 is 1.14 bits per heavy atom. The molecule has 2 rings (SSSR count). The first-order valence-electron chi connectivity index (χ1n) is 7.50. The number of methoxy groups -OCH3 is 2. The summed E-state index contributed by atoms with van der Waals surface area (Å²) in [6, 6.07) is 0. The van der Waals surface area contributed by atoms with Gasteiger partial charge in [0.15, 0.2) is 10.5 Å². The van der Waals surface area contributed by atoms with Gasteiger partial charge in [0.2, 0.25) is 0 Å². The summed E-state index contributed by atoms with van der Waals surface area (Å²) in [7, 11) is 2.60. The van der Waals surface area contributed by atoms with Gasteiger partial charge in [-0.1, -0.05) is 30.2 Å². The summed E-state index contributed by atoms with van der Waals surface area (Å²) >= 11 is 1.12. The molecule has 2 atom stereocenters. The van der Waals surface area contributed by atoms with E-state index in [-0.39, 0.29) is 17.0 Å². The highest BCUT2D eigenvalue weighted by Gasteiger charge is 2.62. The predicted octanol–water partition coefficient (Wildman–Crippen LogP) is 2.69. The lowest BCUT2D eigenvalue weighted by atomic mass is 9.69. The van der Waals surface area contributed by atoms with Gasteiger partial charge >= 0.3 is 11.9 Å². The Kier molecular flexibility index (Phi) is 5.32. The number of esters is 2. The van der Waals surface area contributed by atoms with Crippen LogP contribution in [-0.4, -0.2) is 31.3 Å². The molecule has 2 aliphatic carbocycles. The van der Waals surface area contributed by atoms with Gasteiger partial charge in [-0.3, -0.25) is 14.4 Å². The molecule has 0 N–H and O–H groups in total. The Bertz CT molecular complexity index is 495. The van der Waals surface area contributed by atoms with E-state index in [1.165, 1.54) is 21.1 Å². The second-order valence-electron chi connectivity index (χ2n) is 5.93. The number of rotatable bonds is 3. The quantitative estimate of drug-likeness (QED) is 0.587. The van der Waals surface area contributed by atoms with E-state index < -0.39 is 17.4 Å². The summed E-state index contributed by atoms with van der Waals surface area (Å²) in [5, 5.41) is 1.81. The first-order valence-corrected chi connectivity index (χ1v) is 8.38. The van der Waals surface area contributed by atoms with Gasteiger partial charge in [-0.15, -0.1) is 0 Å². The molecule has 0 bridgehead atoms. The molecule has 2 unspecified atom stereocenters. The van der Waals surface area contributed by atoms with Crippen molar-refractivity contribution in [3.05, 3.63) is 11.0 Å². The van der Waals surface area contributed by atoms with Crippen LogP contribution >= 0.6 is 11.8 Å². The van der Waals surface area contributed by atoms with Crippen LogP contribution in [0.1, 0.15) is 39.0 Å². The fourth-order valence-corrected chi connectivity index (χ4v) is 4.51. The maximum Gasteiger partial charge on any atom is 0.323 e. The molecule has 0 aromatic carbocycles. The zero-order valence-electron chi connectivity index (χ0n) is 13.2. The van der Waals surface area contributed by atoms with E-state index in [9.17, 15) is 14.4 Å². The summed E-state index contributed by atoms with van der Waals surface area (Å²) in [5.74, 6) is -0.987. The fourth-order valence-electron chi connectivity index (χ4n) is 3.93. The average molecular weight is 326 g/mol. The van der Waals surface area contributed by atoms with Crippen LogP contribution in [0.4, 0.5) is 0 Å². The van der Waals surface area contributed by atoms with Crippen molar-refractivity contribution in [3.8, 4) is 0 Å². The molecule has 5 nitrogen and oxygen atoms in total. The molecule has 0 radical (unpaired) electrons. The van der Waals surface area contributed by atoms with Gasteiger partial charge in [-0.2, -0.15) is 0 Å². The zero-order valence-corrected chi connectivity index (χ0v) is 14.0. The number of ether oxygens (including phenoxy) is 2. The number of hydrogen-bond acceptors (Lipinski definition) is 6. The van der Waals surface area contributed by atoms with Gasteiger partial charge in [-0.25, -0.2) is 0 Å². The number of fused-ring (bicyclic) bond motifs is 1. The molecule has 0 saturated heterocycles. The standard InChI is InChI=1S/C16H22O5S/c1-10(17)22-9-11-8-16(14(18)20-2,15(19)21-3)13-7-5-4-6-12(11)13/h9,12-13H,4-8H2,1-3H3/b11-9+. The van der Waals surface area contributed by atoms with E-state index >= 15 is 0 Å². The summed E-state index contributed by atoms with van der Waals surface area (Å²) in [4.78, 5) is 36.1. The largest absolute Gasteiger partial charge is 0.468 e. The van der Waals surface area contributed by atoms with Crippen LogP contribution < -0.4 is 0 Å². The van der Waals surface area contributed by atoms with E-state index in [4.69, 9.17) is 9.47 Å². The zero-order chi connectivity index (χ0) is 16.3. The van der Waals surface area contributed by atoms with E-state index in [0.29, 0.717) is 6.42 Å². The molecule has 0 heterocycles. The van der Waals surface area contributed by atoms with E-state index in [2.05, 4.69) is 0 Å².